The fourth-order valence-corrected chi connectivity index (χ4v) is 18.2. The maximum Gasteiger partial charge on any atom is 0.164 e. The number of benzene rings is 18. The van der Waals surface area contributed by atoms with Crippen molar-refractivity contribution in [2.24, 2.45) is 0 Å². The minimum Gasteiger partial charge on any atom is -0.309 e. The molecule has 0 unspecified atom stereocenters. The van der Waals surface area contributed by atoms with Gasteiger partial charge in [-0.25, -0.2) is 29.9 Å². The largest absolute Gasteiger partial charge is 0.309 e. The Morgan fingerprint density at radius 2 is 0.363 bits per heavy atom. The van der Waals surface area contributed by atoms with Gasteiger partial charge in [-0.2, -0.15) is 0 Å². The van der Waals surface area contributed by atoms with Gasteiger partial charge in [0.1, 0.15) is 0 Å². The van der Waals surface area contributed by atoms with Crippen LogP contribution in [0, 0.1) is 0 Å². The van der Waals surface area contributed by atoms with Crippen LogP contribution in [0.3, 0.4) is 0 Å². The highest BCUT2D eigenvalue weighted by Gasteiger charge is 2.23. The molecule has 0 bridgehead atoms. The molecular formula is C114H74N10. The molecule has 24 rings (SSSR count). The highest BCUT2D eigenvalue weighted by molar-refractivity contribution is 6.18. The fraction of sp³-hybridized carbons (Fsp3) is 0. The van der Waals surface area contributed by atoms with Gasteiger partial charge in [0.15, 0.2) is 34.9 Å². The van der Waals surface area contributed by atoms with Gasteiger partial charge < -0.3 is 18.3 Å². The lowest BCUT2D eigenvalue weighted by atomic mass is 9.99. The van der Waals surface area contributed by atoms with Gasteiger partial charge in [-0.15, -0.1) is 0 Å². The lowest BCUT2D eigenvalue weighted by Crippen LogP contribution is -2.00. The monoisotopic (exact) mass is 1580 g/mol. The van der Waals surface area contributed by atoms with E-state index in [-0.39, 0.29) is 0 Å². The molecule has 0 amide bonds. The molecule has 0 saturated heterocycles. The highest BCUT2D eigenvalue weighted by atomic mass is 15.1. The first-order valence-corrected chi connectivity index (χ1v) is 41.9. The molecule has 10 nitrogen and oxygen atoms in total. The summed E-state index contributed by atoms with van der Waals surface area (Å²) in [5, 5.41) is 9.86. The van der Waals surface area contributed by atoms with Crippen molar-refractivity contribution in [2.75, 3.05) is 0 Å². The van der Waals surface area contributed by atoms with E-state index in [1.54, 1.807) is 0 Å². The predicted molar refractivity (Wildman–Crippen MR) is 511 cm³/mol. The SMILES string of the molecule is c1ccc(-c2nc(-c3ccccc3)nc(-c3ccc(-c4ccc5c(c4)c4ccccc4n5-c4ccc(-c5cccc6c5c5ccccc5n6-c5ccccc5)cc4)cc3)n2)cc1.c1ccc(-c2nc(-c3ccccc3)nc(-c3cccc(-c4ccc5c(c4)c4ccccc4n5-c4ccc(-c5cccc6c5c5ccccc5n6-c5ccccc5)cc4)c3)n2)cc1. The Kier molecular flexibility index (Phi) is 18.0. The second kappa shape index (κ2) is 30.8. The van der Waals surface area contributed by atoms with Crippen LogP contribution in [0.1, 0.15) is 0 Å². The normalized spacial score (nSPS) is 11.5. The molecule has 0 spiro atoms. The summed E-state index contributed by atoms with van der Waals surface area (Å²) in [5.74, 6) is 3.88. The molecule has 24 aromatic rings. The van der Waals surface area contributed by atoms with E-state index >= 15 is 0 Å². The molecule has 0 saturated carbocycles. The zero-order valence-corrected chi connectivity index (χ0v) is 67.2. The minimum atomic E-state index is 0.638. The quantitative estimate of drug-likeness (QED) is 0.108. The number of hydrogen-bond donors (Lipinski definition) is 0. The molecule has 6 heterocycles. The molecule has 0 aliphatic carbocycles. The molecular weight excluding hydrogens is 1510 g/mol. The van der Waals surface area contributed by atoms with Crippen LogP contribution >= 0.6 is 0 Å². The summed E-state index contributed by atoms with van der Waals surface area (Å²) >= 11 is 0. The van der Waals surface area contributed by atoms with Crippen LogP contribution in [-0.4, -0.2) is 48.2 Å². The molecule has 0 fully saturated rings. The Morgan fingerprint density at radius 1 is 0.129 bits per heavy atom. The van der Waals surface area contributed by atoms with Crippen LogP contribution in [0.5, 0.6) is 0 Å². The number of aromatic nitrogens is 10. The van der Waals surface area contributed by atoms with Crippen LogP contribution in [0.25, 0.3) is 223 Å². The first kappa shape index (κ1) is 72.4. The maximum absolute atomic E-state index is 5.00. The smallest absolute Gasteiger partial charge is 0.164 e. The number of rotatable bonds is 14. The van der Waals surface area contributed by atoms with E-state index < -0.39 is 0 Å². The lowest BCUT2D eigenvalue weighted by Gasteiger charge is -2.11. The third-order valence-corrected chi connectivity index (χ3v) is 24.0. The molecule has 0 aliphatic rings. The molecule has 6 aromatic heterocycles. The number of fused-ring (bicyclic) bond motifs is 12. The summed E-state index contributed by atoms with van der Waals surface area (Å²) in [6, 6.07) is 159. The fourth-order valence-electron chi connectivity index (χ4n) is 18.2. The zero-order valence-electron chi connectivity index (χ0n) is 67.2. The average molecular weight is 1580 g/mol. The molecule has 0 aliphatic heterocycles. The molecule has 580 valence electrons. The van der Waals surface area contributed by atoms with Crippen molar-refractivity contribution in [2.45, 2.75) is 0 Å². The topological polar surface area (TPSA) is 97.1 Å². The van der Waals surface area contributed by atoms with E-state index in [2.05, 4.69) is 346 Å². The number of para-hydroxylation sites is 6. The van der Waals surface area contributed by atoms with Gasteiger partial charge in [-0.3, -0.25) is 0 Å². The van der Waals surface area contributed by atoms with Crippen LogP contribution in [-0.2, 0) is 0 Å². The Bertz CT molecular complexity index is 8050. The van der Waals surface area contributed by atoms with Crippen molar-refractivity contribution in [1.82, 2.24) is 48.2 Å². The van der Waals surface area contributed by atoms with Crippen molar-refractivity contribution in [3.8, 4) is 136 Å². The van der Waals surface area contributed by atoms with Crippen LogP contribution in [0.2, 0.25) is 0 Å². The van der Waals surface area contributed by atoms with Crippen LogP contribution in [0.15, 0.2) is 449 Å². The number of nitrogens with zero attached hydrogens (tertiary/aromatic N) is 10. The van der Waals surface area contributed by atoms with E-state index in [4.69, 9.17) is 29.9 Å². The third-order valence-electron chi connectivity index (χ3n) is 24.0. The van der Waals surface area contributed by atoms with E-state index in [1.165, 1.54) is 104 Å². The van der Waals surface area contributed by atoms with Gasteiger partial charge >= 0.3 is 0 Å². The van der Waals surface area contributed by atoms with Gasteiger partial charge in [0.2, 0.25) is 0 Å². The van der Waals surface area contributed by atoms with Crippen molar-refractivity contribution < 1.29 is 0 Å². The Labute approximate surface area is 715 Å². The Hall–Kier alpha value is -16.8. The molecule has 0 N–H and O–H groups in total. The summed E-state index contributed by atoms with van der Waals surface area (Å²) in [6.45, 7) is 0. The second-order valence-corrected chi connectivity index (χ2v) is 31.3. The maximum atomic E-state index is 5.00. The lowest BCUT2D eigenvalue weighted by molar-refractivity contribution is 1.07. The molecule has 10 heteroatoms. The first-order chi connectivity index (χ1) is 61.5. The van der Waals surface area contributed by atoms with Gasteiger partial charge in [0, 0.05) is 99.2 Å². The minimum absolute atomic E-state index is 0.638. The van der Waals surface area contributed by atoms with E-state index in [9.17, 15) is 0 Å². The van der Waals surface area contributed by atoms with Crippen LogP contribution in [0.4, 0.5) is 0 Å². The molecule has 0 atom stereocenters. The Morgan fingerprint density at radius 3 is 0.750 bits per heavy atom. The first-order valence-electron chi connectivity index (χ1n) is 41.9. The standard InChI is InChI=1S/2C57H37N5/c1-4-16-39(17-5-1)55-58-56(40-18-6-2-7-19-40)60-57(59-55)43-21-14-20-41(36-43)42-32-35-52-49(37-42)47-24-10-12-27-50(47)61(52)45-33-30-38(31-34-45)46-26-15-29-53-54(46)48-25-11-13-28-51(48)62(53)44-22-8-3-9-23-44;1-4-15-40(16-5-1)55-58-56(41-17-6-2-7-18-41)60-57(59-55)42-29-27-38(28-30-42)43-33-36-52-49(37-43)47-21-10-12-24-50(47)61(52)45-34-31-39(32-35-45)46-23-14-26-53-54(46)48-22-11-13-25-51(48)62(53)44-19-8-3-9-20-44/h2*1-37H. The summed E-state index contributed by atoms with van der Waals surface area (Å²) in [4.78, 5) is 29.7. The average Bonchev–Trinajstić information content (AvgIpc) is 1.59. The summed E-state index contributed by atoms with van der Waals surface area (Å²) in [5.41, 5.74) is 29.0. The van der Waals surface area contributed by atoms with Crippen molar-refractivity contribution in [3.63, 3.8) is 0 Å². The van der Waals surface area contributed by atoms with Crippen molar-refractivity contribution in [1.29, 1.82) is 0 Å². The van der Waals surface area contributed by atoms with E-state index in [0.717, 1.165) is 83.9 Å². The summed E-state index contributed by atoms with van der Waals surface area (Å²) < 4.78 is 9.53. The van der Waals surface area contributed by atoms with Gasteiger partial charge in [-0.05, 0) is 160 Å². The summed E-state index contributed by atoms with van der Waals surface area (Å²) in [6.07, 6.45) is 0. The van der Waals surface area contributed by atoms with Gasteiger partial charge in [0.25, 0.3) is 0 Å². The van der Waals surface area contributed by atoms with Crippen LogP contribution < -0.4 is 0 Å². The Balaban J connectivity index is 0.000000143. The second-order valence-electron chi connectivity index (χ2n) is 31.3. The van der Waals surface area contributed by atoms with E-state index in [1.807, 2.05) is 121 Å². The van der Waals surface area contributed by atoms with Crippen molar-refractivity contribution >= 4 is 87.2 Å². The molecule has 124 heavy (non-hydrogen) atoms. The van der Waals surface area contributed by atoms with Gasteiger partial charge in [-0.1, -0.05) is 334 Å². The van der Waals surface area contributed by atoms with E-state index in [0.29, 0.717) is 34.9 Å². The summed E-state index contributed by atoms with van der Waals surface area (Å²) in [7, 11) is 0. The number of hydrogen-bond acceptors (Lipinski definition) is 6. The zero-order chi connectivity index (χ0) is 82.0. The molecule has 0 radical (unpaired) electrons. The third kappa shape index (κ3) is 12.9. The van der Waals surface area contributed by atoms with Crippen molar-refractivity contribution in [3.05, 3.63) is 449 Å². The van der Waals surface area contributed by atoms with Gasteiger partial charge in [0.05, 0.1) is 44.1 Å². The predicted octanol–water partition coefficient (Wildman–Crippen LogP) is 28.8. The highest BCUT2D eigenvalue weighted by Crippen LogP contribution is 2.44. The molecule has 18 aromatic carbocycles.